The summed E-state index contributed by atoms with van der Waals surface area (Å²) in [5.74, 6) is -4.99. The molecule has 0 heterocycles. The highest BCUT2D eigenvalue weighted by atomic mass is 32.2. The van der Waals surface area contributed by atoms with Crippen molar-refractivity contribution in [2.45, 2.75) is 31.9 Å². The van der Waals surface area contributed by atoms with Crippen LogP contribution in [-0.2, 0) is 50.3 Å². The first-order valence-corrected chi connectivity index (χ1v) is 20.0. The number of alkyl halides is 8. The minimum absolute atomic E-state index is 0.0173. The zero-order valence-electron chi connectivity index (χ0n) is 30.4. The maximum atomic E-state index is 14.5. The van der Waals surface area contributed by atoms with Crippen molar-refractivity contribution in [2.75, 3.05) is 34.2 Å². The molecule has 0 aliphatic rings. The van der Waals surface area contributed by atoms with Gasteiger partial charge in [-0.25, -0.2) is 25.6 Å². The lowest BCUT2D eigenvalue weighted by Crippen LogP contribution is -2.34. The molecule has 0 spiro atoms. The average molecular weight is 887 g/mol. The van der Waals surface area contributed by atoms with Crippen molar-refractivity contribution in [3.8, 4) is 0 Å². The van der Waals surface area contributed by atoms with Crippen LogP contribution < -0.4 is 19.7 Å². The van der Waals surface area contributed by atoms with Crippen LogP contribution in [0.3, 0.4) is 0 Å². The Labute approximate surface area is 330 Å². The smallest absolute Gasteiger partial charge is 0.344 e. The molecule has 4 rings (SSSR count). The van der Waals surface area contributed by atoms with Crippen molar-refractivity contribution in [2.24, 2.45) is 5.73 Å². The molecule has 0 unspecified atom stereocenters. The number of sulfonamides is 2. The maximum absolute atomic E-state index is 14.5. The predicted octanol–water partition coefficient (Wildman–Crippen LogP) is 6.33. The van der Waals surface area contributed by atoms with Gasteiger partial charge in [0.25, 0.3) is 5.91 Å². The standard InChI is InChI=1S/C19H16F6N2O4S.C17H16F4N2O3S/c1-32(30,31)27(14-4-2-3-13(8-14)19(23,24)25)10-12-6-5-11(7-15(12)20)16(28)9-26-18(29)17(21)22;1-27(25,26)23(14-4-2-3-13(8-14)17(19,20)21)10-12-6-5-11(7-15(12)18)16(24)9-22/h2-8,17H,9-10H2,1H3,(H,26,29);2-8H,9-10,22H2,1H3. The Morgan fingerprint density at radius 1 is 0.644 bits per heavy atom. The van der Waals surface area contributed by atoms with Gasteiger partial charge in [0.1, 0.15) is 11.6 Å². The number of nitrogens with one attached hydrogen (secondary N) is 1. The highest BCUT2D eigenvalue weighted by molar-refractivity contribution is 7.92. The molecule has 4 aromatic rings. The summed E-state index contributed by atoms with van der Waals surface area (Å²) in [6.07, 6.45) is -11.2. The molecule has 4 aromatic carbocycles. The van der Waals surface area contributed by atoms with Gasteiger partial charge in [-0.15, -0.1) is 0 Å². The van der Waals surface area contributed by atoms with Gasteiger partial charge in [0.2, 0.25) is 20.0 Å². The Bertz CT molecular complexity index is 2410. The second kappa shape index (κ2) is 19.0. The van der Waals surface area contributed by atoms with E-state index in [1.165, 1.54) is 18.2 Å². The van der Waals surface area contributed by atoms with Crippen molar-refractivity contribution < 1.29 is 75.1 Å². The van der Waals surface area contributed by atoms with Crippen LogP contribution in [-0.4, -0.2) is 66.3 Å². The number of halogens is 10. The Balaban J connectivity index is 0.000000320. The molecular formula is C36H32F10N4O7S2. The number of Topliss-reactive ketones (excluding diaryl/α,β-unsaturated/α-hetero) is 2. The summed E-state index contributed by atoms with van der Waals surface area (Å²) in [6.45, 7) is -2.36. The van der Waals surface area contributed by atoms with Crippen molar-refractivity contribution in [1.29, 1.82) is 0 Å². The Hall–Kier alpha value is -5.55. The summed E-state index contributed by atoms with van der Waals surface area (Å²) in [7, 11) is -8.15. The monoisotopic (exact) mass is 886 g/mol. The first-order chi connectivity index (χ1) is 27.1. The number of amides is 1. The molecule has 0 saturated heterocycles. The van der Waals surface area contributed by atoms with Gasteiger partial charge in [0.15, 0.2) is 11.6 Å². The van der Waals surface area contributed by atoms with Crippen LogP contribution in [0.1, 0.15) is 43.0 Å². The summed E-state index contributed by atoms with van der Waals surface area (Å²) in [5.41, 5.74) is 1.83. The van der Waals surface area contributed by atoms with Gasteiger partial charge in [-0.3, -0.25) is 23.0 Å². The SMILES string of the molecule is CS(=O)(=O)N(Cc1ccc(C(=O)CN)cc1F)c1cccc(C(F)(F)F)c1.CS(=O)(=O)N(Cc1ccc(C(=O)CNC(=O)C(F)F)cc1F)c1cccc(C(F)(F)F)c1. The zero-order chi connectivity index (χ0) is 44.7. The van der Waals surface area contributed by atoms with E-state index in [4.69, 9.17) is 5.73 Å². The van der Waals surface area contributed by atoms with E-state index in [9.17, 15) is 75.1 Å². The number of hydrogen-bond donors (Lipinski definition) is 2. The van der Waals surface area contributed by atoms with E-state index in [2.05, 4.69) is 0 Å². The van der Waals surface area contributed by atoms with Gasteiger partial charge < -0.3 is 11.1 Å². The minimum Gasteiger partial charge on any atom is -0.344 e. The predicted molar refractivity (Wildman–Crippen MR) is 194 cm³/mol. The number of rotatable bonds is 14. The van der Waals surface area contributed by atoms with E-state index in [1.54, 1.807) is 5.32 Å². The molecule has 0 aliphatic heterocycles. The lowest BCUT2D eigenvalue weighted by molar-refractivity contribution is -0.138. The fourth-order valence-electron chi connectivity index (χ4n) is 4.95. The van der Waals surface area contributed by atoms with Crippen LogP contribution in [0.4, 0.5) is 55.3 Å². The van der Waals surface area contributed by atoms with Crippen LogP contribution in [0, 0.1) is 11.6 Å². The zero-order valence-corrected chi connectivity index (χ0v) is 32.0. The van der Waals surface area contributed by atoms with Gasteiger partial charge in [-0.05, 0) is 48.5 Å². The van der Waals surface area contributed by atoms with E-state index in [0.29, 0.717) is 26.8 Å². The average Bonchev–Trinajstić information content (AvgIpc) is 3.14. The van der Waals surface area contributed by atoms with Crippen molar-refractivity contribution >= 4 is 48.9 Å². The highest BCUT2D eigenvalue weighted by Crippen LogP contribution is 2.34. The van der Waals surface area contributed by atoms with E-state index in [-0.39, 0.29) is 40.2 Å². The third-order valence-electron chi connectivity index (χ3n) is 7.91. The number of ketones is 2. The molecule has 0 aromatic heterocycles. The van der Waals surface area contributed by atoms with Crippen molar-refractivity contribution in [3.63, 3.8) is 0 Å². The van der Waals surface area contributed by atoms with Crippen LogP contribution in [0.2, 0.25) is 0 Å². The number of nitrogens with two attached hydrogens (primary N) is 1. The fraction of sp³-hybridized carbons (Fsp3) is 0.250. The van der Waals surface area contributed by atoms with Crippen LogP contribution in [0.15, 0.2) is 84.9 Å². The van der Waals surface area contributed by atoms with Gasteiger partial charge in [0, 0.05) is 22.3 Å². The Morgan fingerprint density at radius 3 is 1.36 bits per heavy atom. The number of benzene rings is 4. The molecule has 0 atom stereocenters. The largest absolute Gasteiger partial charge is 0.416 e. The topological polar surface area (TPSA) is 164 Å². The van der Waals surface area contributed by atoms with Gasteiger partial charge >= 0.3 is 18.8 Å². The van der Waals surface area contributed by atoms with Gasteiger partial charge in [-0.1, -0.05) is 36.4 Å². The van der Waals surface area contributed by atoms with Crippen molar-refractivity contribution in [3.05, 3.63) is 130 Å². The number of carbonyl (C=O) groups is 3. The summed E-state index contributed by atoms with van der Waals surface area (Å²) >= 11 is 0. The van der Waals surface area contributed by atoms with E-state index < -0.39 is 98.7 Å². The van der Waals surface area contributed by atoms with Gasteiger partial charge in [0.05, 0.1) is 61.2 Å². The second-order valence-electron chi connectivity index (χ2n) is 12.3. The number of anilines is 2. The van der Waals surface area contributed by atoms with E-state index in [0.717, 1.165) is 61.0 Å². The molecule has 3 N–H and O–H groups in total. The normalized spacial score (nSPS) is 12.0. The second-order valence-corrected chi connectivity index (χ2v) is 16.1. The maximum Gasteiger partial charge on any atom is 0.416 e. The molecule has 0 fully saturated rings. The molecule has 320 valence electrons. The van der Waals surface area contributed by atoms with Crippen LogP contribution in [0.5, 0.6) is 0 Å². The minimum atomic E-state index is -4.73. The number of nitrogens with zero attached hydrogens (tertiary/aromatic N) is 2. The Kier molecular flexibility index (Phi) is 15.4. The molecule has 23 heteroatoms. The van der Waals surface area contributed by atoms with Crippen LogP contribution >= 0.6 is 0 Å². The molecule has 0 saturated carbocycles. The molecule has 0 aliphatic carbocycles. The molecule has 11 nitrogen and oxygen atoms in total. The third-order valence-corrected chi connectivity index (χ3v) is 10.2. The molecule has 0 bridgehead atoms. The third kappa shape index (κ3) is 13.5. The molecule has 1 amide bonds. The Morgan fingerprint density at radius 2 is 1.03 bits per heavy atom. The molecular weight excluding hydrogens is 855 g/mol. The van der Waals surface area contributed by atoms with Gasteiger partial charge in [-0.2, -0.15) is 35.1 Å². The summed E-state index contributed by atoms with van der Waals surface area (Å²) in [6, 6.07) is 13.4. The van der Waals surface area contributed by atoms with E-state index >= 15 is 0 Å². The summed E-state index contributed by atoms with van der Waals surface area (Å²) in [5, 5.41) is 1.67. The van der Waals surface area contributed by atoms with E-state index in [1.807, 2.05) is 0 Å². The summed E-state index contributed by atoms with van der Waals surface area (Å²) in [4.78, 5) is 34.3. The lowest BCUT2D eigenvalue weighted by atomic mass is 10.1. The van der Waals surface area contributed by atoms with Crippen molar-refractivity contribution in [1.82, 2.24) is 5.32 Å². The first-order valence-electron chi connectivity index (χ1n) is 16.3. The summed E-state index contributed by atoms with van der Waals surface area (Å²) < 4.78 is 180. The lowest BCUT2D eigenvalue weighted by Gasteiger charge is -2.23. The first kappa shape index (κ1) is 47.8. The fourth-order valence-corrected chi connectivity index (χ4v) is 6.69. The highest BCUT2D eigenvalue weighted by Gasteiger charge is 2.33. The van der Waals surface area contributed by atoms with Crippen LogP contribution in [0.25, 0.3) is 0 Å². The molecule has 0 radical (unpaired) electrons. The number of carbonyl (C=O) groups excluding carboxylic acids is 3. The molecule has 59 heavy (non-hydrogen) atoms. The quantitative estimate of drug-likeness (QED) is 0.110. The number of hydrogen-bond acceptors (Lipinski definition) is 8.